The maximum atomic E-state index is 12.8. The van der Waals surface area contributed by atoms with Crippen LogP contribution in [-0.2, 0) is 4.79 Å². The zero-order valence-corrected chi connectivity index (χ0v) is 14.0. The van der Waals surface area contributed by atoms with E-state index in [0.29, 0.717) is 5.52 Å². The SMILES string of the molecule is O=C(CNC(=O)c1ccc(F)cc1)N=Nc1c(O)[nH]c2ccc([N+](=O)[O-])cc12. The van der Waals surface area contributed by atoms with E-state index in [9.17, 15) is 29.2 Å². The average Bonchev–Trinajstić information content (AvgIpc) is 2.99. The van der Waals surface area contributed by atoms with Gasteiger partial charge in [0.2, 0.25) is 5.88 Å². The maximum absolute atomic E-state index is 12.8. The molecule has 0 spiro atoms. The van der Waals surface area contributed by atoms with Crippen LogP contribution in [0.25, 0.3) is 10.9 Å². The number of H-pyrrole nitrogens is 1. The fourth-order valence-electron chi connectivity index (χ4n) is 2.37. The van der Waals surface area contributed by atoms with E-state index in [1.54, 1.807) is 0 Å². The molecule has 0 aliphatic carbocycles. The number of halogens is 1. The van der Waals surface area contributed by atoms with Crippen molar-refractivity contribution in [3.63, 3.8) is 0 Å². The average molecular weight is 385 g/mol. The number of carbonyl (C=O) groups is 2. The van der Waals surface area contributed by atoms with Crippen molar-refractivity contribution in [1.82, 2.24) is 10.3 Å². The lowest BCUT2D eigenvalue weighted by Crippen LogP contribution is -2.28. The third kappa shape index (κ3) is 3.98. The van der Waals surface area contributed by atoms with Crippen molar-refractivity contribution in [2.45, 2.75) is 0 Å². The molecule has 3 rings (SSSR count). The molecule has 0 radical (unpaired) electrons. The Morgan fingerprint density at radius 3 is 2.61 bits per heavy atom. The molecule has 0 aliphatic heterocycles. The second kappa shape index (κ2) is 7.61. The number of nitrogens with one attached hydrogen (secondary N) is 2. The van der Waals surface area contributed by atoms with Crippen LogP contribution in [0.2, 0.25) is 0 Å². The number of rotatable bonds is 5. The van der Waals surface area contributed by atoms with Crippen molar-refractivity contribution in [2.75, 3.05) is 6.54 Å². The van der Waals surface area contributed by atoms with Crippen LogP contribution in [0, 0.1) is 15.9 Å². The number of nitrogens with zero attached hydrogens (tertiary/aromatic N) is 3. The van der Waals surface area contributed by atoms with Gasteiger partial charge in [-0.25, -0.2) is 4.39 Å². The number of nitro benzene ring substituents is 1. The summed E-state index contributed by atoms with van der Waals surface area (Å²) >= 11 is 0. The highest BCUT2D eigenvalue weighted by Crippen LogP contribution is 2.37. The van der Waals surface area contributed by atoms with Crippen molar-refractivity contribution in [3.05, 3.63) is 64.0 Å². The summed E-state index contributed by atoms with van der Waals surface area (Å²) in [5.74, 6) is -2.34. The molecule has 142 valence electrons. The van der Waals surface area contributed by atoms with Crippen LogP contribution in [0.3, 0.4) is 0 Å². The predicted octanol–water partition coefficient (Wildman–Crippen LogP) is 2.96. The molecule has 28 heavy (non-hydrogen) atoms. The summed E-state index contributed by atoms with van der Waals surface area (Å²) < 4.78 is 12.8. The Morgan fingerprint density at radius 1 is 1.21 bits per heavy atom. The summed E-state index contributed by atoms with van der Waals surface area (Å²) in [5.41, 5.74) is 0.166. The number of azo groups is 1. The first-order valence-electron chi connectivity index (χ1n) is 7.82. The van der Waals surface area contributed by atoms with E-state index in [2.05, 4.69) is 20.5 Å². The number of nitro groups is 1. The van der Waals surface area contributed by atoms with E-state index in [1.165, 1.54) is 30.3 Å². The number of benzene rings is 2. The van der Waals surface area contributed by atoms with Gasteiger partial charge in [0.1, 0.15) is 12.4 Å². The molecular weight excluding hydrogens is 373 g/mol. The highest BCUT2D eigenvalue weighted by Gasteiger charge is 2.15. The Morgan fingerprint density at radius 2 is 1.93 bits per heavy atom. The molecule has 1 aromatic heterocycles. The minimum Gasteiger partial charge on any atom is -0.493 e. The molecule has 11 heteroatoms. The van der Waals surface area contributed by atoms with Crippen LogP contribution in [0.1, 0.15) is 10.4 Å². The van der Waals surface area contributed by atoms with Crippen LogP contribution < -0.4 is 5.32 Å². The third-order valence-corrected chi connectivity index (χ3v) is 3.71. The lowest BCUT2D eigenvalue weighted by Gasteiger charge is -2.02. The summed E-state index contributed by atoms with van der Waals surface area (Å²) in [6.45, 7) is -0.483. The smallest absolute Gasteiger partial charge is 0.283 e. The number of non-ortho nitro benzene ring substituents is 1. The zero-order chi connectivity index (χ0) is 20.3. The van der Waals surface area contributed by atoms with E-state index in [0.717, 1.165) is 12.1 Å². The van der Waals surface area contributed by atoms with Gasteiger partial charge in [-0.3, -0.25) is 19.7 Å². The van der Waals surface area contributed by atoms with E-state index < -0.39 is 35.0 Å². The van der Waals surface area contributed by atoms with Gasteiger partial charge < -0.3 is 15.4 Å². The molecule has 10 nitrogen and oxygen atoms in total. The van der Waals surface area contributed by atoms with Crippen LogP contribution in [0.5, 0.6) is 5.88 Å². The number of carbonyl (C=O) groups excluding carboxylic acids is 2. The summed E-state index contributed by atoms with van der Waals surface area (Å²) in [6, 6.07) is 8.54. The number of aromatic amines is 1. The Balaban J connectivity index is 1.71. The van der Waals surface area contributed by atoms with Crippen molar-refractivity contribution < 1.29 is 24.0 Å². The molecule has 3 aromatic rings. The molecule has 0 saturated carbocycles. The van der Waals surface area contributed by atoms with Gasteiger partial charge in [0.05, 0.1) is 10.4 Å². The van der Waals surface area contributed by atoms with Crippen LogP contribution >= 0.6 is 0 Å². The minimum atomic E-state index is -0.824. The molecule has 0 atom stereocenters. The highest BCUT2D eigenvalue weighted by molar-refractivity contribution is 5.97. The number of amides is 2. The van der Waals surface area contributed by atoms with Crippen LogP contribution in [0.15, 0.2) is 52.7 Å². The highest BCUT2D eigenvalue weighted by atomic mass is 19.1. The number of hydrogen-bond acceptors (Lipinski definition) is 6. The largest absolute Gasteiger partial charge is 0.493 e. The molecular formula is C17H12FN5O5. The standard InChI is InChI=1S/C17H12FN5O5/c18-10-3-1-9(2-4-10)16(25)19-8-14(24)21-22-15-12-7-11(23(27)28)5-6-13(12)20-17(15)26/h1-7,20,26H,8H2,(H,19,25). The number of hydrogen-bond donors (Lipinski definition) is 3. The van der Waals surface area contributed by atoms with Gasteiger partial charge in [-0.1, -0.05) is 0 Å². The topological polar surface area (TPSA) is 150 Å². The van der Waals surface area contributed by atoms with E-state index in [-0.39, 0.29) is 22.3 Å². The van der Waals surface area contributed by atoms with Crippen molar-refractivity contribution in [2.24, 2.45) is 10.2 Å². The van der Waals surface area contributed by atoms with Gasteiger partial charge in [0, 0.05) is 23.1 Å². The predicted molar refractivity (Wildman–Crippen MR) is 94.9 cm³/mol. The van der Waals surface area contributed by atoms with E-state index in [1.807, 2.05) is 0 Å². The van der Waals surface area contributed by atoms with Crippen LogP contribution in [-0.4, -0.2) is 33.4 Å². The molecule has 0 aliphatic rings. The Bertz CT molecular complexity index is 1110. The molecule has 2 amide bonds. The van der Waals surface area contributed by atoms with Crippen molar-refractivity contribution in [3.8, 4) is 5.88 Å². The quantitative estimate of drug-likeness (QED) is 0.350. The van der Waals surface area contributed by atoms with Crippen LogP contribution in [0.4, 0.5) is 15.8 Å². The molecule has 0 saturated heterocycles. The number of aromatic nitrogens is 1. The number of fused-ring (bicyclic) bond motifs is 1. The lowest BCUT2D eigenvalue weighted by molar-refractivity contribution is -0.384. The van der Waals surface area contributed by atoms with E-state index in [4.69, 9.17) is 0 Å². The fraction of sp³-hybridized carbons (Fsp3) is 0.0588. The van der Waals surface area contributed by atoms with Gasteiger partial charge in [-0.2, -0.15) is 0 Å². The summed E-state index contributed by atoms with van der Waals surface area (Å²) in [6.07, 6.45) is 0. The molecule has 0 fully saturated rings. The first kappa shape index (κ1) is 18.6. The second-order valence-electron chi connectivity index (χ2n) is 5.59. The van der Waals surface area contributed by atoms with Gasteiger partial charge >= 0.3 is 0 Å². The third-order valence-electron chi connectivity index (χ3n) is 3.71. The monoisotopic (exact) mass is 385 g/mol. The lowest BCUT2D eigenvalue weighted by atomic mass is 10.2. The van der Waals surface area contributed by atoms with Gasteiger partial charge in [-0.05, 0) is 30.3 Å². The molecule has 0 unspecified atom stereocenters. The molecule has 0 bridgehead atoms. The fourth-order valence-corrected chi connectivity index (χ4v) is 2.37. The van der Waals surface area contributed by atoms with Gasteiger partial charge in [0.15, 0.2) is 5.69 Å². The van der Waals surface area contributed by atoms with Crippen molar-refractivity contribution >= 4 is 34.1 Å². The molecule has 2 aromatic carbocycles. The molecule has 1 heterocycles. The summed E-state index contributed by atoms with van der Waals surface area (Å²) in [4.78, 5) is 36.5. The Hall–Kier alpha value is -4.15. The minimum absolute atomic E-state index is 0.142. The zero-order valence-electron chi connectivity index (χ0n) is 14.0. The first-order chi connectivity index (χ1) is 13.3. The summed E-state index contributed by atoms with van der Waals surface area (Å²) in [5, 5.41) is 30.3. The van der Waals surface area contributed by atoms with E-state index >= 15 is 0 Å². The molecule has 3 N–H and O–H groups in total. The van der Waals surface area contributed by atoms with Gasteiger partial charge in [0.25, 0.3) is 17.5 Å². The summed E-state index contributed by atoms with van der Waals surface area (Å²) in [7, 11) is 0. The Kier molecular flexibility index (Phi) is 5.07. The van der Waals surface area contributed by atoms with Gasteiger partial charge in [-0.15, -0.1) is 10.2 Å². The Labute approximate surface area is 155 Å². The number of aromatic hydroxyl groups is 1. The van der Waals surface area contributed by atoms with Crippen molar-refractivity contribution in [1.29, 1.82) is 0 Å². The normalized spacial score (nSPS) is 11.0. The second-order valence-corrected chi connectivity index (χ2v) is 5.59. The first-order valence-corrected chi connectivity index (χ1v) is 7.82. The maximum Gasteiger partial charge on any atom is 0.283 e.